The Kier molecular flexibility index (Phi) is 22.3. The Morgan fingerprint density at radius 3 is 1.07 bits per heavy atom. The minimum Gasteiger partial charge on any atom is -0.368 e. The Balaban J connectivity index is 0.000000150. The van der Waals surface area contributed by atoms with E-state index < -0.39 is 77.6 Å². The highest BCUT2D eigenvalue weighted by atomic mass is 32.2. The van der Waals surface area contributed by atoms with Crippen LogP contribution in [0.15, 0.2) is 166 Å². The first-order chi connectivity index (χ1) is 46.7. The summed E-state index contributed by atoms with van der Waals surface area (Å²) < 4.78 is 215. The van der Waals surface area contributed by atoms with Crippen LogP contribution in [-0.2, 0) is 39.0 Å². The molecule has 7 atom stereocenters. The molecule has 99 heavy (non-hydrogen) atoms. The van der Waals surface area contributed by atoms with Crippen LogP contribution < -0.4 is 14.7 Å². The maximum Gasteiger partial charge on any atom is 0.414 e. The summed E-state index contributed by atoms with van der Waals surface area (Å²) in [4.78, 5) is 13.8. The molecule has 4 unspecified atom stereocenters. The lowest BCUT2D eigenvalue weighted by Crippen LogP contribution is -2.50. The molecule has 27 heteroatoms. The van der Waals surface area contributed by atoms with E-state index in [1.165, 1.54) is 36.1 Å². The second kappa shape index (κ2) is 29.9. The summed E-state index contributed by atoms with van der Waals surface area (Å²) in [5, 5.41) is 0. The van der Waals surface area contributed by atoms with Gasteiger partial charge in [0.05, 0.1) is 45.0 Å². The fourth-order valence-corrected chi connectivity index (χ4v) is 16.9. The average molecular weight is 1450 g/mol. The molecule has 0 aromatic heterocycles. The molecular weight excluding hydrogens is 1360 g/mol. The van der Waals surface area contributed by atoms with Crippen LogP contribution >= 0.6 is 0 Å². The zero-order valence-corrected chi connectivity index (χ0v) is 57.8. The zero-order valence-electron chi connectivity index (χ0n) is 55.4. The van der Waals surface area contributed by atoms with E-state index in [1.807, 2.05) is 34.1 Å². The standard InChI is InChI=1S/C26H32F2N2O2S.2C23H26F4N2O3S/c1-33(31,32)23-9-5-8-22(16-23)29-14-15-30(24(18-29)21-6-3-2-4-7-21)17-20-10-12-25(13-11-20)19-26(25,27)28;2*1-33(30,31)20-4-2-3-18(13-20)28-11-12-29(14-19-9-10-22(32-19)23(25,26)27)21(15-28)16-5-7-17(24)8-6-16/h2-9,16,20,24H,10-15,17-19H2,1H3;2*2-8,13,19,21-22H,9-12,14-15H2,1H3/t20?,24-,25?;2*19?,21-,22?/m011/s1. The van der Waals surface area contributed by atoms with Crippen LogP contribution in [-0.4, -0.2) is 180 Å². The van der Waals surface area contributed by atoms with Gasteiger partial charge in [-0.1, -0.05) is 72.8 Å². The van der Waals surface area contributed by atoms with Crippen molar-refractivity contribution in [1.82, 2.24) is 14.7 Å². The number of benzene rings is 6. The molecule has 0 bridgehead atoms. The maximum absolute atomic E-state index is 13.8. The van der Waals surface area contributed by atoms with Crippen molar-refractivity contribution in [2.45, 2.75) is 133 Å². The molecule has 538 valence electrons. The Labute approximate surface area is 573 Å². The van der Waals surface area contributed by atoms with Crippen LogP contribution in [0.3, 0.4) is 0 Å². The van der Waals surface area contributed by atoms with E-state index in [-0.39, 0.29) is 58.8 Å². The molecule has 5 heterocycles. The topological polar surface area (TPSA) is 140 Å². The van der Waals surface area contributed by atoms with Gasteiger partial charge < -0.3 is 24.2 Å². The van der Waals surface area contributed by atoms with Gasteiger partial charge in [0.15, 0.2) is 41.7 Å². The molecule has 0 radical (unpaired) electrons. The number of alkyl halides is 8. The van der Waals surface area contributed by atoms with Crippen molar-refractivity contribution in [2.24, 2.45) is 11.3 Å². The van der Waals surface area contributed by atoms with E-state index in [2.05, 4.69) is 43.9 Å². The van der Waals surface area contributed by atoms with Crippen molar-refractivity contribution in [2.75, 3.05) is 112 Å². The number of nitrogens with zero attached hydrogens (tertiary/aromatic N) is 6. The number of rotatable bonds is 15. The van der Waals surface area contributed by atoms with Gasteiger partial charge in [0.25, 0.3) is 5.92 Å². The van der Waals surface area contributed by atoms with Gasteiger partial charge in [0.1, 0.15) is 11.6 Å². The summed E-state index contributed by atoms with van der Waals surface area (Å²) in [7, 11) is -9.99. The van der Waals surface area contributed by atoms with Crippen molar-refractivity contribution >= 4 is 46.6 Å². The second-order valence-corrected chi connectivity index (χ2v) is 33.6. The monoisotopic (exact) mass is 1450 g/mol. The van der Waals surface area contributed by atoms with Crippen LogP contribution in [0.5, 0.6) is 0 Å². The van der Waals surface area contributed by atoms with E-state index >= 15 is 0 Å². The molecule has 2 saturated carbocycles. The normalized spacial score (nSPS) is 26.5. The predicted octanol–water partition coefficient (Wildman–Crippen LogP) is 13.6. The number of sulfone groups is 3. The van der Waals surface area contributed by atoms with E-state index in [0.29, 0.717) is 88.9 Å². The highest BCUT2D eigenvalue weighted by molar-refractivity contribution is 7.91. The number of anilines is 3. The summed E-state index contributed by atoms with van der Waals surface area (Å²) in [5.41, 5.74) is 4.65. The molecule has 1 spiro atoms. The molecule has 2 aliphatic carbocycles. The lowest BCUT2D eigenvalue weighted by Gasteiger charge is -2.45. The molecule has 5 aliphatic heterocycles. The zero-order chi connectivity index (χ0) is 70.9. The van der Waals surface area contributed by atoms with Crippen LogP contribution in [0.2, 0.25) is 0 Å². The SMILES string of the molecule is CS(=O)(=O)c1cccc(N2CCN(CC3CCC(C(F)(F)F)O3)[C@@H](c3ccc(F)cc3)C2)c1.CS(=O)(=O)c1cccc(N2CCN(CC3CCC(C(F)(F)F)O3)[C@@H](c3ccc(F)cc3)C2)c1.CS(=O)(=O)c1cccc(N2CCN(CC3CCC4(CC3)CC4(F)F)[C@H](c3ccccc3)C2)c1. The van der Waals surface area contributed by atoms with E-state index in [0.717, 1.165) is 79.7 Å². The van der Waals surface area contributed by atoms with Gasteiger partial charge in [-0.15, -0.1) is 0 Å². The highest BCUT2D eigenvalue weighted by Crippen LogP contribution is 2.68. The van der Waals surface area contributed by atoms with Gasteiger partial charge in [-0.2, -0.15) is 26.3 Å². The molecule has 0 N–H and O–H groups in total. The van der Waals surface area contributed by atoms with Gasteiger partial charge >= 0.3 is 12.4 Å². The van der Waals surface area contributed by atoms with E-state index in [9.17, 15) is 69.2 Å². The molecule has 14 nitrogen and oxygen atoms in total. The molecule has 13 rings (SSSR count). The van der Waals surface area contributed by atoms with Gasteiger partial charge in [0, 0.05) is 126 Å². The summed E-state index contributed by atoms with van der Waals surface area (Å²) >= 11 is 0. The maximum atomic E-state index is 13.8. The summed E-state index contributed by atoms with van der Waals surface area (Å²) in [6.45, 7) is 7.24. The van der Waals surface area contributed by atoms with Crippen molar-refractivity contribution in [3.05, 3.63) is 180 Å². The van der Waals surface area contributed by atoms with Gasteiger partial charge in [0.2, 0.25) is 0 Å². The minimum atomic E-state index is -4.37. The van der Waals surface area contributed by atoms with Crippen molar-refractivity contribution in [3.63, 3.8) is 0 Å². The summed E-state index contributed by atoms with van der Waals surface area (Å²) in [5.74, 6) is -2.72. The fraction of sp³-hybridized carbons (Fsp3) is 0.500. The Morgan fingerprint density at radius 2 is 0.758 bits per heavy atom. The summed E-state index contributed by atoms with van der Waals surface area (Å²) in [6.07, 6.45) is -5.98. The number of hydrogen-bond donors (Lipinski definition) is 0. The molecular formula is C72H84F10N6O8S3. The number of piperazine rings is 3. The minimum absolute atomic E-state index is 0.0480. The number of ether oxygens (including phenoxy) is 2. The smallest absolute Gasteiger partial charge is 0.368 e. The van der Waals surface area contributed by atoms with Crippen LogP contribution in [0.4, 0.5) is 61.0 Å². The second-order valence-electron chi connectivity index (χ2n) is 27.5. The van der Waals surface area contributed by atoms with Crippen LogP contribution in [0.1, 0.15) is 92.6 Å². The third-order valence-electron chi connectivity index (χ3n) is 20.6. The number of halogens is 10. The van der Waals surface area contributed by atoms with Crippen molar-refractivity contribution in [3.8, 4) is 0 Å². The third kappa shape index (κ3) is 18.5. The average Bonchev–Trinajstić information content (AvgIpc) is 1.56. The first-order valence-corrected chi connectivity index (χ1v) is 39.1. The van der Waals surface area contributed by atoms with Gasteiger partial charge in [-0.25, -0.2) is 42.8 Å². The van der Waals surface area contributed by atoms with Gasteiger partial charge in [-0.05, 0) is 153 Å². The Hall–Kier alpha value is -6.33. The Morgan fingerprint density at radius 1 is 0.424 bits per heavy atom. The van der Waals surface area contributed by atoms with E-state index in [1.54, 1.807) is 78.9 Å². The summed E-state index contributed by atoms with van der Waals surface area (Å²) in [6, 6.07) is 42.9. The quantitative estimate of drug-likeness (QED) is 0.0901. The van der Waals surface area contributed by atoms with Crippen LogP contribution in [0.25, 0.3) is 0 Å². The number of hydrogen-bond acceptors (Lipinski definition) is 14. The lowest BCUT2D eigenvalue weighted by atomic mass is 9.79. The largest absolute Gasteiger partial charge is 0.414 e. The third-order valence-corrected chi connectivity index (χ3v) is 23.9. The van der Waals surface area contributed by atoms with Gasteiger partial charge in [-0.3, -0.25) is 14.7 Å². The molecule has 5 saturated heterocycles. The van der Waals surface area contributed by atoms with Crippen LogP contribution in [0, 0.1) is 23.0 Å². The lowest BCUT2D eigenvalue weighted by molar-refractivity contribution is -0.216. The molecule has 7 aliphatic rings. The molecule has 6 aromatic rings. The molecule has 0 amide bonds. The molecule has 6 aromatic carbocycles. The first-order valence-electron chi connectivity index (χ1n) is 33.4. The van der Waals surface area contributed by atoms with Crippen molar-refractivity contribution in [1.29, 1.82) is 0 Å². The fourth-order valence-electron chi connectivity index (χ4n) is 14.9. The van der Waals surface area contributed by atoms with E-state index in [4.69, 9.17) is 9.47 Å². The molecule has 7 fully saturated rings. The Bertz CT molecular complexity index is 3910. The highest BCUT2D eigenvalue weighted by Gasteiger charge is 2.70. The van der Waals surface area contributed by atoms with Crippen molar-refractivity contribution < 1.29 is 78.6 Å². The first kappa shape index (κ1) is 73.9. The predicted molar refractivity (Wildman–Crippen MR) is 359 cm³/mol.